The van der Waals surface area contributed by atoms with Gasteiger partial charge in [0.2, 0.25) is 5.91 Å². The Morgan fingerprint density at radius 2 is 1.87 bits per heavy atom. The molecule has 1 aromatic carbocycles. The van der Waals surface area contributed by atoms with Crippen LogP contribution in [0.3, 0.4) is 0 Å². The lowest BCUT2D eigenvalue weighted by Gasteiger charge is -2.41. The van der Waals surface area contributed by atoms with Gasteiger partial charge in [-0.1, -0.05) is 13.0 Å². The number of hydrogen-bond acceptors (Lipinski definition) is 4. The Bertz CT molecular complexity index is 1020. The average Bonchev–Trinajstić information content (AvgIpc) is 3.13. The predicted octanol–water partition coefficient (Wildman–Crippen LogP) is 3.42. The molecule has 5 heteroatoms. The first-order chi connectivity index (χ1) is 14.5. The van der Waals surface area contributed by atoms with Crippen LogP contribution in [0.25, 0.3) is 0 Å². The van der Waals surface area contributed by atoms with E-state index in [1.165, 1.54) is 28.7 Å². The van der Waals surface area contributed by atoms with Gasteiger partial charge in [-0.05, 0) is 74.7 Å². The van der Waals surface area contributed by atoms with Gasteiger partial charge in [-0.25, -0.2) is 0 Å². The molecule has 1 atom stereocenters. The largest absolute Gasteiger partial charge is 0.334 e. The van der Waals surface area contributed by atoms with E-state index in [2.05, 4.69) is 46.0 Å². The third kappa shape index (κ3) is 3.45. The van der Waals surface area contributed by atoms with Crippen molar-refractivity contribution in [2.24, 2.45) is 4.99 Å². The van der Waals surface area contributed by atoms with Crippen LogP contribution in [0, 0.1) is 13.8 Å². The van der Waals surface area contributed by atoms with Crippen LogP contribution < -0.4 is 0 Å². The zero-order valence-corrected chi connectivity index (χ0v) is 18.2. The second-order valence-corrected chi connectivity index (χ2v) is 8.97. The first-order valence-corrected chi connectivity index (χ1v) is 11.2. The highest BCUT2D eigenvalue weighted by Gasteiger charge is 2.33. The molecule has 5 rings (SSSR count). The van der Waals surface area contributed by atoms with Crippen LogP contribution >= 0.6 is 0 Å². The van der Waals surface area contributed by atoms with E-state index in [-0.39, 0.29) is 5.91 Å². The number of aromatic nitrogens is 1. The summed E-state index contributed by atoms with van der Waals surface area (Å²) in [5.74, 6) is 0.282. The minimum absolute atomic E-state index is 0.282. The molecule has 0 bridgehead atoms. The standard InChI is InChI=1S/C25H30N4O/c1-4-28-7-5-6-22(15-28)29-14-21-11-23-20(10-18(21)12-24(29)30)13-26-25(23)19-8-16(2)27-17(3)9-19/h8-11,22H,4-7,12-15H2,1-3H3/t22-/m1/s1. The summed E-state index contributed by atoms with van der Waals surface area (Å²) in [5.41, 5.74) is 9.21. The van der Waals surface area contributed by atoms with Gasteiger partial charge >= 0.3 is 0 Å². The maximum absolute atomic E-state index is 13.0. The molecule has 2 aromatic rings. The third-order valence-corrected chi connectivity index (χ3v) is 6.81. The number of amides is 1. The second kappa shape index (κ2) is 7.62. The number of carbonyl (C=O) groups excluding carboxylic acids is 1. The Hall–Kier alpha value is -2.53. The summed E-state index contributed by atoms with van der Waals surface area (Å²) in [6, 6.07) is 9.12. The maximum Gasteiger partial charge on any atom is 0.227 e. The first kappa shape index (κ1) is 19.4. The minimum Gasteiger partial charge on any atom is -0.334 e. The van der Waals surface area contributed by atoms with Crippen molar-refractivity contribution in [2.45, 2.75) is 59.2 Å². The molecule has 0 N–H and O–H groups in total. The summed E-state index contributed by atoms with van der Waals surface area (Å²) >= 11 is 0. The molecule has 0 unspecified atom stereocenters. The molecule has 1 fully saturated rings. The van der Waals surface area contributed by atoms with Crippen molar-refractivity contribution in [3.63, 3.8) is 0 Å². The maximum atomic E-state index is 13.0. The molecular formula is C25H30N4O. The number of rotatable bonds is 3. The minimum atomic E-state index is 0.282. The van der Waals surface area contributed by atoms with Gasteiger partial charge in [0.05, 0.1) is 18.7 Å². The summed E-state index contributed by atoms with van der Waals surface area (Å²) in [5, 5.41) is 0. The number of aliphatic imine (C=N–C) groups is 1. The predicted molar refractivity (Wildman–Crippen MR) is 119 cm³/mol. The Labute approximate surface area is 178 Å². The van der Waals surface area contributed by atoms with E-state index in [0.717, 1.165) is 55.3 Å². The van der Waals surface area contributed by atoms with E-state index in [0.29, 0.717) is 19.0 Å². The van der Waals surface area contributed by atoms with Gasteiger partial charge in [-0.2, -0.15) is 0 Å². The number of fused-ring (bicyclic) bond motifs is 2. The fourth-order valence-corrected chi connectivity index (χ4v) is 5.31. The zero-order valence-electron chi connectivity index (χ0n) is 18.2. The highest BCUT2D eigenvalue weighted by atomic mass is 16.2. The number of aryl methyl sites for hydroxylation is 2. The van der Waals surface area contributed by atoms with Gasteiger partial charge in [0.1, 0.15) is 0 Å². The molecule has 3 aliphatic heterocycles. The van der Waals surface area contributed by atoms with Gasteiger partial charge in [-0.3, -0.25) is 14.8 Å². The highest BCUT2D eigenvalue weighted by Crippen LogP contribution is 2.32. The van der Waals surface area contributed by atoms with E-state index >= 15 is 0 Å². The van der Waals surface area contributed by atoms with Gasteiger partial charge in [0, 0.05) is 41.6 Å². The van der Waals surface area contributed by atoms with Crippen molar-refractivity contribution >= 4 is 11.6 Å². The van der Waals surface area contributed by atoms with Crippen LogP contribution in [0.2, 0.25) is 0 Å². The van der Waals surface area contributed by atoms with Crippen molar-refractivity contribution in [1.82, 2.24) is 14.8 Å². The SMILES string of the molecule is CCN1CCC[C@@H](N2Cc3cc4c(cc3CC2=O)CN=C4c2cc(C)nc(C)c2)C1. The van der Waals surface area contributed by atoms with Gasteiger partial charge in [0.25, 0.3) is 0 Å². The fraction of sp³-hybridized carbons (Fsp3) is 0.480. The van der Waals surface area contributed by atoms with E-state index in [1.54, 1.807) is 0 Å². The molecule has 0 aliphatic carbocycles. The Kier molecular flexibility index (Phi) is 4.94. The van der Waals surface area contributed by atoms with Crippen LogP contribution in [0.5, 0.6) is 0 Å². The molecule has 1 aromatic heterocycles. The quantitative estimate of drug-likeness (QED) is 0.790. The lowest BCUT2D eigenvalue weighted by Crippen LogP contribution is -2.51. The first-order valence-electron chi connectivity index (χ1n) is 11.2. The molecule has 0 spiro atoms. The topological polar surface area (TPSA) is 48.8 Å². The zero-order chi connectivity index (χ0) is 20.8. The molecule has 3 aliphatic rings. The number of hydrogen-bond donors (Lipinski definition) is 0. The highest BCUT2D eigenvalue weighted by molar-refractivity contribution is 6.15. The molecule has 1 amide bonds. The van der Waals surface area contributed by atoms with Crippen LogP contribution in [0.4, 0.5) is 0 Å². The number of nitrogens with zero attached hydrogens (tertiary/aromatic N) is 4. The summed E-state index contributed by atoms with van der Waals surface area (Å²) in [7, 11) is 0. The van der Waals surface area contributed by atoms with E-state index in [9.17, 15) is 4.79 Å². The molecule has 5 nitrogen and oxygen atoms in total. The number of likely N-dealkylation sites (tertiary alicyclic amines) is 1. The van der Waals surface area contributed by atoms with Crippen molar-refractivity contribution in [3.8, 4) is 0 Å². The lowest BCUT2D eigenvalue weighted by atomic mass is 9.89. The van der Waals surface area contributed by atoms with Crippen LogP contribution in [0.1, 0.15) is 59.0 Å². The Morgan fingerprint density at radius 3 is 2.63 bits per heavy atom. The molecule has 0 saturated carbocycles. The number of pyridine rings is 1. The summed E-state index contributed by atoms with van der Waals surface area (Å²) in [6.07, 6.45) is 2.82. The lowest BCUT2D eigenvalue weighted by molar-refractivity contribution is -0.135. The van der Waals surface area contributed by atoms with Crippen molar-refractivity contribution in [1.29, 1.82) is 0 Å². The van der Waals surface area contributed by atoms with Crippen molar-refractivity contribution in [3.05, 3.63) is 63.5 Å². The van der Waals surface area contributed by atoms with Crippen molar-refractivity contribution < 1.29 is 4.79 Å². The normalized spacial score (nSPS) is 21.4. The molecular weight excluding hydrogens is 372 g/mol. The summed E-state index contributed by atoms with van der Waals surface area (Å²) in [6.45, 7) is 10.9. The summed E-state index contributed by atoms with van der Waals surface area (Å²) < 4.78 is 0. The Balaban J connectivity index is 1.45. The van der Waals surface area contributed by atoms with Crippen LogP contribution in [-0.4, -0.2) is 52.1 Å². The van der Waals surface area contributed by atoms with Crippen molar-refractivity contribution in [2.75, 3.05) is 19.6 Å². The monoisotopic (exact) mass is 402 g/mol. The molecule has 30 heavy (non-hydrogen) atoms. The number of likely N-dealkylation sites (N-methyl/N-ethyl adjacent to an activating group) is 1. The van der Waals surface area contributed by atoms with Gasteiger partial charge in [-0.15, -0.1) is 0 Å². The van der Waals surface area contributed by atoms with Crippen LogP contribution in [0.15, 0.2) is 29.3 Å². The van der Waals surface area contributed by atoms with Gasteiger partial charge in [0.15, 0.2) is 0 Å². The Morgan fingerprint density at radius 1 is 1.07 bits per heavy atom. The second-order valence-electron chi connectivity index (χ2n) is 8.97. The molecule has 1 saturated heterocycles. The van der Waals surface area contributed by atoms with Crippen LogP contribution in [-0.2, 0) is 24.3 Å². The number of benzene rings is 1. The summed E-state index contributed by atoms with van der Waals surface area (Å²) in [4.78, 5) is 27.0. The number of piperidine rings is 1. The average molecular weight is 403 g/mol. The van der Waals surface area contributed by atoms with E-state index < -0.39 is 0 Å². The number of carbonyl (C=O) groups is 1. The van der Waals surface area contributed by atoms with Gasteiger partial charge < -0.3 is 9.80 Å². The molecule has 4 heterocycles. The van der Waals surface area contributed by atoms with E-state index in [1.807, 2.05) is 13.8 Å². The smallest absolute Gasteiger partial charge is 0.227 e. The molecule has 156 valence electrons. The van der Waals surface area contributed by atoms with E-state index in [4.69, 9.17) is 4.99 Å². The third-order valence-electron chi connectivity index (χ3n) is 6.81. The fourth-order valence-electron chi connectivity index (χ4n) is 5.31. The molecule has 0 radical (unpaired) electrons.